The minimum atomic E-state index is -0.0598. The zero-order chi connectivity index (χ0) is 39.3. The number of hydrogen-bond donors (Lipinski definition) is 0. The van der Waals surface area contributed by atoms with Crippen LogP contribution >= 0.6 is 0 Å². The highest BCUT2D eigenvalue weighted by molar-refractivity contribution is 6.02. The van der Waals surface area contributed by atoms with Crippen molar-refractivity contribution in [3.05, 3.63) is 210 Å². The molecule has 0 radical (unpaired) electrons. The van der Waals surface area contributed by atoms with Gasteiger partial charge in [0.2, 0.25) is 5.43 Å². The highest BCUT2D eigenvalue weighted by Crippen LogP contribution is 2.44. The van der Waals surface area contributed by atoms with E-state index < -0.39 is 0 Å². The van der Waals surface area contributed by atoms with Crippen LogP contribution < -0.4 is 10.3 Å². The van der Waals surface area contributed by atoms with Gasteiger partial charge in [0.15, 0.2) is 17.5 Å². The molecule has 0 fully saturated rings. The average molecular weight is 759 g/mol. The van der Waals surface area contributed by atoms with E-state index in [1.807, 2.05) is 127 Å². The SMILES string of the molecule is O=c1c2cccc(-c3ccc(-c4nc(-c5ccccc5)nc(-c5ccccc5)n4)cc3)c2oc2c(-c3ccc4c(c3)-c3ccccc3N(c3ccccc3)C4)cccc12. The van der Waals surface area contributed by atoms with Gasteiger partial charge >= 0.3 is 0 Å². The number of hydrogen-bond acceptors (Lipinski definition) is 6. The molecular weight excluding hydrogens is 725 g/mol. The predicted octanol–water partition coefficient (Wildman–Crippen LogP) is 12.8. The molecule has 1 aliphatic heterocycles. The lowest BCUT2D eigenvalue weighted by Crippen LogP contribution is -2.21. The van der Waals surface area contributed by atoms with Gasteiger partial charge in [0.05, 0.1) is 10.8 Å². The van der Waals surface area contributed by atoms with Gasteiger partial charge < -0.3 is 9.32 Å². The molecule has 2 aromatic heterocycles. The molecule has 6 heteroatoms. The Hall–Kier alpha value is -7.96. The zero-order valence-electron chi connectivity index (χ0n) is 31.8. The molecule has 11 rings (SSSR count). The molecule has 6 nitrogen and oxygen atoms in total. The first-order valence-electron chi connectivity index (χ1n) is 19.7. The van der Waals surface area contributed by atoms with Crippen molar-refractivity contribution in [2.75, 3.05) is 4.90 Å². The summed E-state index contributed by atoms with van der Waals surface area (Å²) in [7, 11) is 0. The van der Waals surface area contributed by atoms with Crippen LogP contribution in [0.3, 0.4) is 0 Å². The van der Waals surface area contributed by atoms with E-state index in [4.69, 9.17) is 19.4 Å². The molecule has 0 bridgehead atoms. The second kappa shape index (κ2) is 14.2. The number of para-hydroxylation sites is 4. The normalized spacial score (nSPS) is 12.0. The molecule has 8 aromatic carbocycles. The van der Waals surface area contributed by atoms with Crippen LogP contribution in [0.1, 0.15) is 5.56 Å². The first-order valence-corrected chi connectivity index (χ1v) is 19.7. The smallest absolute Gasteiger partial charge is 0.200 e. The van der Waals surface area contributed by atoms with E-state index in [9.17, 15) is 4.79 Å². The highest BCUT2D eigenvalue weighted by atomic mass is 16.3. The molecule has 0 atom stereocenters. The molecule has 0 amide bonds. The van der Waals surface area contributed by atoms with Crippen LogP contribution in [0.2, 0.25) is 0 Å². The molecular formula is C53H34N4O2. The molecule has 3 heterocycles. The van der Waals surface area contributed by atoms with Crippen molar-refractivity contribution in [2.45, 2.75) is 6.54 Å². The van der Waals surface area contributed by atoms with Gasteiger partial charge in [-0.1, -0.05) is 158 Å². The molecule has 0 spiro atoms. The minimum absolute atomic E-state index is 0.0598. The molecule has 0 saturated carbocycles. The second-order valence-corrected chi connectivity index (χ2v) is 14.7. The van der Waals surface area contributed by atoms with Crippen LogP contribution in [0.25, 0.3) is 89.5 Å². The van der Waals surface area contributed by atoms with Crippen LogP contribution in [0, 0.1) is 0 Å². The third-order valence-corrected chi connectivity index (χ3v) is 11.2. The lowest BCUT2D eigenvalue weighted by atomic mass is 9.89. The van der Waals surface area contributed by atoms with E-state index >= 15 is 0 Å². The molecule has 59 heavy (non-hydrogen) atoms. The van der Waals surface area contributed by atoms with Gasteiger partial charge in [0, 0.05) is 51.3 Å². The maximum absolute atomic E-state index is 14.3. The Balaban J connectivity index is 1.00. The second-order valence-electron chi connectivity index (χ2n) is 14.7. The highest BCUT2D eigenvalue weighted by Gasteiger charge is 2.24. The first kappa shape index (κ1) is 34.3. The predicted molar refractivity (Wildman–Crippen MR) is 238 cm³/mol. The Morgan fingerprint density at radius 3 is 1.49 bits per heavy atom. The maximum Gasteiger partial charge on any atom is 0.200 e. The van der Waals surface area contributed by atoms with Crippen LogP contribution in [0.15, 0.2) is 203 Å². The molecule has 1 aliphatic rings. The molecule has 10 aromatic rings. The van der Waals surface area contributed by atoms with E-state index in [1.165, 1.54) is 22.4 Å². The van der Waals surface area contributed by atoms with Gasteiger partial charge in [0.25, 0.3) is 0 Å². The summed E-state index contributed by atoms with van der Waals surface area (Å²) >= 11 is 0. The number of benzene rings is 8. The Bertz CT molecular complexity index is 3200. The lowest BCUT2D eigenvalue weighted by Gasteiger charge is -2.33. The first-order chi connectivity index (χ1) is 29.2. The van der Waals surface area contributed by atoms with Crippen molar-refractivity contribution in [3.8, 4) is 67.5 Å². The summed E-state index contributed by atoms with van der Waals surface area (Å²) in [5, 5.41) is 1.09. The van der Waals surface area contributed by atoms with E-state index in [0.29, 0.717) is 39.4 Å². The summed E-state index contributed by atoms with van der Waals surface area (Å²) in [6.07, 6.45) is 0. The van der Waals surface area contributed by atoms with Crippen LogP contribution in [-0.2, 0) is 6.54 Å². The summed E-state index contributed by atoms with van der Waals surface area (Å²) in [6.45, 7) is 0.754. The summed E-state index contributed by atoms with van der Waals surface area (Å²) in [5.41, 5.74) is 13.2. The summed E-state index contributed by atoms with van der Waals surface area (Å²) in [6, 6.07) is 65.3. The van der Waals surface area contributed by atoms with E-state index in [0.717, 1.165) is 51.2 Å². The van der Waals surface area contributed by atoms with Gasteiger partial charge in [-0.15, -0.1) is 0 Å². The van der Waals surface area contributed by atoms with Crippen molar-refractivity contribution >= 4 is 33.3 Å². The van der Waals surface area contributed by atoms with E-state index in [1.54, 1.807) is 0 Å². The summed E-state index contributed by atoms with van der Waals surface area (Å²) in [4.78, 5) is 31.3. The van der Waals surface area contributed by atoms with Crippen LogP contribution in [0.5, 0.6) is 0 Å². The van der Waals surface area contributed by atoms with Crippen molar-refractivity contribution in [2.24, 2.45) is 0 Å². The van der Waals surface area contributed by atoms with E-state index in [-0.39, 0.29) is 5.43 Å². The Morgan fingerprint density at radius 2 is 0.881 bits per heavy atom. The Kier molecular flexibility index (Phi) is 8.26. The third-order valence-electron chi connectivity index (χ3n) is 11.2. The average Bonchev–Trinajstić information content (AvgIpc) is 3.32. The van der Waals surface area contributed by atoms with Crippen molar-refractivity contribution in [1.82, 2.24) is 15.0 Å². The van der Waals surface area contributed by atoms with Gasteiger partial charge in [-0.3, -0.25) is 4.79 Å². The van der Waals surface area contributed by atoms with Gasteiger partial charge in [0.1, 0.15) is 11.2 Å². The van der Waals surface area contributed by atoms with Gasteiger partial charge in [-0.2, -0.15) is 0 Å². The Labute approximate surface area is 340 Å². The molecule has 0 saturated heterocycles. The van der Waals surface area contributed by atoms with Crippen molar-refractivity contribution in [1.29, 1.82) is 0 Å². The minimum Gasteiger partial charge on any atom is -0.455 e. The summed E-state index contributed by atoms with van der Waals surface area (Å²) in [5.74, 6) is 1.79. The van der Waals surface area contributed by atoms with Crippen molar-refractivity contribution in [3.63, 3.8) is 0 Å². The fraction of sp³-hybridized carbons (Fsp3) is 0.0189. The molecule has 278 valence electrons. The fourth-order valence-electron chi connectivity index (χ4n) is 8.25. The maximum atomic E-state index is 14.3. The number of aromatic nitrogens is 3. The Morgan fingerprint density at radius 1 is 0.407 bits per heavy atom. The summed E-state index contributed by atoms with van der Waals surface area (Å²) < 4.78 is 6.89. The monoisotopic (exact) mass is 758 g/mol. The lowest BCUT2D eigenvalue weighted by molar-refractivity contribution is 0.662. The largest absolute Gasteiger partial charge is 0.455 e. The number of nitrogens with zero attached hydrogens (tertiary/aromatic N) is 4. The molecule has 0 N–H and O–H groups in total. The van der Waals surface area contributed by atoms with Gasteiger partial charge in [-0.25, -0.2) is 15.0 Å². The quantitative estimate of drug-likeness (QED) is 0.157. The molecule has 0 aliphatic carbocycles. The number of anilines is 2. The van der Waals surface area contributed by atoms with Crippen molar-refractivity contribution < 1.29 is 4.42 Å². The van der Waals surface area contributed by atoms with Gasteiger partial charge in [-0.05, 0) is 58.7 Å². The van der Waals surface area contributed by atoms with E-state index in [2.05, 4.69) is 71.6 Å². The standard InChI is InChI=1S/C53H34N4O2/c58-48-44-23-12-21-41(34-26-28-37(29-27-34)53-55-51(35-14-4-1-5-15-35)54-52(56-53)36-16-6-2-7-17-36)49(44)59-50-42(22-13-24-45(48)50)38-30-31-39-33-57(40-18-8-3-9-19-40)47-25-11-10-20-43(47)46(39)32-38/h1-32H,33H2. The number of rotatable bonds is 6. The third kappa shape index (κ3) is 6.06. The van der Waals surface area contributed by atoms with Crippen LogP contribution in [0.4, 0.5) is 11.4 Å². The van der Waals surface area contributed by atoms with Crippen LogP contribution in [-0.4, -0.2) is 15.0 Å². The zero-order valence-corrected chi connectivity index (χ0v) is 31.8. The number of fused-ring (bicyclic) bond motifs is 5. The topological polar surface area (TPSA) is 72.1 Å². The fourth-order valence-corrected chi connectivity index (χ4v) is 8.25. The molecule has 0 unspecified atom stereocenters.